The van der Waals surface area contributed by atoms with Crippen LogP contribution >= 0.6 is 12.2 Å². The maximum absolute atomic E-state index is 12.4. The van der Waals surface area contributed by atoms with E-state index in [9.17, 15) is 4.79 Å². The van der Waals surface area contributed by atoms with Gasteiger partial charge in [-0.1, -0.05) is 43.2 Å². The molecule has 0 saturated carbocycles. The van der Waals surface area contributed by atoms with Crippen LogP contribution in [0.2, 0.25) is 0 Å². The van der Waals surface area contributed by atoms with Gasteiger partial charge in [-0.3, -0.25) is 10.1 Å². The predicted molar refractivity (Wildman–Crippen MR) is 102 cm³/mol. The van der Waals surface area contributed by atoms with Crippen LogP contribution in [0.25, 0.3) is 0 Å². The van der Waals surface area contributed by atoms with E-state index in [1.807, 2.05) is 37.3 Å². The standard InChI is InChI=1S/C19H22N2O2S/c1-3-4-13-23-17-8-6-5-7-16(17)18(22)21-19(24)20-15-11-9-14(2)10-12-15/h5-12H,3-4,13H2,1-2H3,(H2,20,21,22,24). The summed E-state index contributed by atoms with van der Waals surface area (Å²) in [5.41, 5.74) is 2.47. The molecule has 2 rings (SSSR count). The first-order chi connectivity index (χ1) is 11.6. The van der Waals surface area contributed by atoms with Crippen molar-refractivity contribution < 1.29 is 9.53 Å². The van der Waals surface area contributed by atoms with E-state index < -0.39 is 0 Å². The molecule has 4 nitrogen and oxygen atoms in total. The number of rotatable bonds is 6. The van der Waals surface area contributed by atoms with E-state index in [-0.39, 0.29) is 11.0 Å². The summed E-state index contributed by atoms with van der Waals surface area (Å²) in [6.07, 6.45) is 1.99. The summed E-state index contributed by atoms with van der Waals surface area (Å²) in [6, 6.07) is 14.9. The van der Waals surface area contributed by atoms with Gasteiger partial charge in [0.1, 0.15) is 5.75 Å². The number of nitrogens with one attached hydrogen (secondary N) is 2. The fourth-order valence-corrected chi connectivity index (χ4v) is 2.29. The van der Waals surface area contributed by atoms with E-state index in [1.54, 1.807) is 18.2 Å². The van der Waals surface area contributed by atoms with Crippen molar-refractivity contribution in [3.63, 3.8) is 0 Å². The van der Waals surface area contributed by atoms with Crippen molar-refractivity contribution in [2.75, 3.05) is 11.9 Å². The van der Waals surface area contributed by atoms with Gasteiger partial charge >= 0.3 is 0 Å². The number of hydrogen-bond donors (Lipinski definition) is 2. The molecule has 0 aromatic heterocycles. The van der Waals surface area contributed by atoms with Crippen molar-refractivity contribution in [1.82, 2.24) is 5.32 Å². The second-order valence-corrected chi connectivity index (χ2v) is 5.88. The highest BCUT2D eigenvalue weighted by Crippen LogP contribution is 2.18. The molecule has 0 saturated heterocycles. The number of anilines is 1. The molecule has 24 heavy (non-hydrogen) atoms. The van der Waals surface area contributed by atoms with Crippen LogP contribution < -0.4 is 15.4 Å². The van der Waals surface area contributed by atoms with Crippen molar-refractivity contribution in [3.8, 4) is 5.75 Å². The summed E-state index contributed by atoms with van der Waals surface area (Å²) >= 11 is 5.21. The molecule has 0 fully saturated rings. The third kappa shape index (κ3) is 5.35. The van der Waals surface area contributed by atoms with Crippen LogP contribution in [-0.2, 0) is 0 Å². The SMILES string of the molecule is CCCCOc1ccccc1C(=O)NC(=S)Nc1ccc(C)cc1. The Morgan fingerprint density at radius 3 is 2.54 bits per heavy atom. The summed E-state index contributed by atoms with van der Waals surface area (Å²) < 4.78 is 5.69. The van der Waals surface area contributed by atoms with Gasteiger partial charge in [0.25, 0.3) is 5.91 Å². The molecule has 0 aliphatic carbocycles. The zero-order valence-electron chi connectivity index (χ0n) is 14.0. The molecule has 0 aliphatic rings. The van der Waals surface area contributed by atoms with E-state index in [4.69, 9.17) is 17.0 Å². The summed E-state index contributed by atoms with van der Waals surface area (Å²) in [6.45, 7) is 4.70. The normalized spacial score (nSPS) is 10.1. The van der Waals surface area contributed by atoms with Crippen LogP contribution in [0.1, 0.15) is 35.7 Å². The Morgan fingerprint density at radius 1 is 1.12 bits per heavy atom. The lowest BCUT2D eigenvalue weighted by molar-refractivity contribution is 0.0973. The Bertz CT molecular complexity index is 699. The lowest BCUT2D eigenvalue weighted by atomic mass is 10.2. The number of carbonyl (C=O) groups is 1. The van der Waals surface area contributed by atoms with Gasteiger partial charge in [0.05, 0.1) is 12.2 Å². The largest absolute Gasteiger partial charge is 0.493 e. The van der Waals surface area contributed by atoms with E-state index in [1.165, 1.54) is 0 Å². The molecule has 0 spiro atoms. The van der Waals surface area contributed by atoms with Crippen molar-refractivity contribution in [2.24, 2.45) is 0 Å². The molecule has 126 valence electrons. The summed E-state index contributed by atoms with van der Waals surface area (Å²) in [5.74, 6) is 0.285. The molecule has 5 heteroatoms. The zero-order valence-corrected chi connectivity index (χ0v) is 14.8. The highest BCUT2D eigenvalue weighted by atomic mass is 32.1. The van der Waals surface area contributed by atoms with Crippen molar-refractivity contribution >= 4 is 28.9 Å². The number of thiocarbonyl (C=S) groups is 1. The number of benzene rings is 2. The fourth-order valence-electron chi connectivity index (χ4n) is 2.08. The van der Waals surface area contributed by atoms with Crippen LogP contribution in [0, 0.1) is 6.92 Å². The molecule has 0 bridgehead atoms. The number of ether oxygens (including phenoxy) is 1. The molecule has 2 aromatic carbocycles. The predicted octanol–water partition coefficient (Wildman–Crippen LogP) is 4.30. The molecule has 0 aliphatic heterocycles. The topological polar surface area (TPSA) is 50.4 Å². The van der Waals surface area contributed by atoms with Gasteiger partial charge in [-0.15, -0.1) is 0 Å². The lowest BCUT2D eigenvalue weighted by Gasteiger charge is -2.13. The number of para-hydroxylation sites is 1. The monoisotopic (exact) mass is 342 g/mol. The van der Waals surface area contributed by atoms with Crippen molar-refractivity contribution in [3.05, 3.63) is 59.7 Å². The van der Waals surface area contributed by atoms with E-state index in [0.29, 0.717) is 17.9 Å². The average molecular weight is 342 g/mol. The first-order valence-corrected chi connectivity index (χ1v) is 8.42. The molecule has 0 unspecified atom stereocenters. The minimum atomic E-state index is -0.285. The Balaban J connectivity index is 1.98. The summed E-state index contributed by atoms with van der Waals surface area (Å²) in [7, 11) is 0. The minimum Gasteiger partial charge on any atom is -0.493 e. The molecule has 0 radical (unpaired) electrons. The first-order valence-electron chi connectivity index (χ1n) is 8.01. The van der Waals surface area contributed by atoms with Gasteiger partial charge < -0.3 is 10.1 Å². The Morgan fingerprint density at radius 2 is 1.83 bits per heavy atom. The van der Waals surface area contributed by atoms with Gasteiger partial charge in [-0.25, -0.2) is 0 Å². The zero-order chi connectivity index (χ0) is 17.4. The van der Waals surface area contributed by atoms with Crippen molar-refractivity contribution in [2.45, 2.75) is 26.7 Å². The average Bonchev–Trinajstić information content (AvgIpc) is 2.57. The third-order valence-corrected chi connectivity index (χ3v) is 3.63. The lowest BCUT2D eigenvalue weighted by Crippen LogP contribution is -2.34. The highest BCUT2D eigenvalue weighted by Gasteiger charge is 2.13. The third-order valence-electron chi connectivity index (χ3n) is 3.42. The number of hydrogen-bond acceptors (Lipinski definition) is 3. The van der Waals surface area contributed by atoms with Crippen LogP contribution in [0.15, 0.2) is 48.5 Å². The summed E-state index contributed by atoms with van der Waals surface area (Å²) in [4.78, 5) is 12.4. The molecular weight excluding hydrogens is 320 g/mol. The second kappa shape index (κ2) is 9.03. The van der Waals surface area contributed by atoms with Gasteiger partial charge in [-0.05, 0) is 49.8 Å². The number of amides is 1. The number of unbranched alkanes of at least 4 members (excludes halogenated alkanes) is 1. The van der Waals surface area contributed by atoms with Crippen molar-refractivity contribution in [1.29, 1.82) is 0 Å². The number of aryl methyl sites for hydroxylation is 1. The maximum atomic E-state index is 12.4. The van der Waals surface area contributed by atoms with Gasteiger partial charge in [0.15, 0.2) is 5.11 Å². The van der Waals surface area contributed by atoms with E-state index in [0.717, 1.165) is 24.1 Å². The Labute approximate surface area is 148 Å². The second-order valence-electron chi connectivity index (χ2n) is 5.47. The van der Waals surface area contributed by atoms with Crippen LogP contribution in [0.4, 0.5) is 5.69 Å². The Kier molecular flexibility index (Phi) is 6.75. The molecule has 1 amide bonds. The Hall–Kier alpha value is -2.40. The van der Waals surface area contributed by atoms with E-state index >= 15 is 0 Å². The van der Waals surface area contributed by atoms with Gasteiger partial charge in [-0.2, -0.15) is 0 Å². The maximum Gasteiger partial charge on any atom is 0.261 e. The summed E-state index contributed by atoms with van der Waals surface area (Å²) in [5, 5.41) is 5.95. The van der Waals surface area contributed by atoms with Crippen LogP contribution in [0.3, 0.4) is 0 Å². The molecule has 0 atom stereocenters. The number of carbonyl (C=O) groups excluding carboxylic acids is 1. The first kappa shape index (κ1) is 17.9. The quantitative estimate of drug-likeness (QED) is 0.607. The fraction of sp³-hybridized carbons (Fsp3) is 0.263. The van der Waals surface area contributed by atoms with Crippen LogP contribution in [-0.4, -0.2) is 17.6 Å². The smallest absolute Gasteiger partial charge is 0.261 e. The minimum absolute atomic E-state index is 0.257. The highest BCUT2D eigenvalue weighted by molar-refractivity contribution is 7.80. The van der Waals surface area contributed by atoms with Gasteiger partial charge in [0.2, 0.25) is 0 Å². The molecule has 0 heterocycles. The van der Waals surface area contributed by atoms with Crippen LogP contribution in [0.5, 0.6) is 5.75 Å². The van der Waals surface area contributed by atoms with Gasteiger partial charge in [0, 0.05) is 5.69 Å². The molecule has 2 aromatic rings. The molecular formula is C19H22N2O2S. The molecule has 2 N–H and O–H groups in total. The van der Waals surface area contributed by atoms with E-state index in [2.05, 4.69) is 17.6 Å².